The van der Waals surface area contributed by atoms with Crippen molar-refractivity contribution in [3.63, 3.8) is 0 Å². The van der Waals surface area contributed by atoms with E-state index in [1.165, 1.54) is 4.57 Å². The number of carbonyl (C=O) groups is 6. The second-order valence-corrected chi connectivity index (χ2v) is 10.4. The third kappa shape index (κ3) is 11.5. The minimum atomic E-state index is -1.03. The van der Waals surface area contributed by atoms with Crippen LogP contribution in [0.25, 0.3) is 26.9 Å². The molecule has 2 N–H and O–H groups in total. The Morgan fingerprint density at radius 1 is 0.913 bits per heavy atom. The monoisotopic (exact) mass is 752 g/mol. The van der Waals surface area contributed by atoms with E-state index in [1.807, 2.05) is 0 Å². The minimum Gasteiger partial charge on any atom is -0.787 e. The van der Waals surface area contributed by atoms with Gasteiger partial charge in [-0.15, -0.1) is 5.75 Å². The zero-order chi connectivity index (χ0) is 32.9. The molecule has 4 amide bonds. The van der Waals surface area contributed by atoms with Crippen molar-refractivity contribution < 1.29 is 58.7 Å². The number of hydrogen-bond acceptors (Lipinski definition) is 8. The van der Waals surface area contributed by atoms with E-state index in [-0.39, 0.29) is 38.2 Å². The molecule has 1 heterocycles. The normalized spacial score (nSPS) is 10.4. The van der Waals surface area contributed by atoms with Crippen LogP contribution in [0.2, 0.25) is 5.02 Å². The zero-order valence-electron chi connectivity index (χ0n) is 24.7. The second kappa shape index (κ2) is 18.9. The summed E-state index contributed by atoms with van der Waals surface area (Å²) in [7, 11) is 0. The van der Waals surface area contributed by atoms with E-state index in [9.17, 15) is 33.9 Å². The molecule has 16 heteroatoms. The van der Waals surface area contributed by atoms with Gasteiger partial charge in [0.15, 0.2) is 0 Å². The van der Waals surface area contributed by atoms with Crippen molar-refractivity contribution in [3.8, 4) is 5.75 Å². The summed E-state index contributed by atoms with van der Waals surface area (Å²) in [6.45, 7) is 0.857. The fourth-order valence-electron chi connectivity index (χ4n) is 4.23. The Labute approximate surface area is 288 Å². The number of halogens is 1. The average Bonchev–Trinajstić information content (AvgIpc) is 3.28. The van der Waals surface area contributed by atoms with Crippen LogP contribution in [0.15, 0.2) is 42.5 Å². The molecule has 2 aromatic carbocycles. The molecule has 0 aliphatic carbocycles. The molecule has 1 radical (unpaired) electrons. The van der Waals surface area contributed by atoms with Crippen LogP contribution in [-0.2, 0) is 63.1 Å². The molecule has 13 nitrogen and oxygen atoms in total. The van der Waals surface area contributed by atoms with E-state index >= 15 is 0 Å². The molecule has 46 heavy (non-hydrogen) atoms. The molecule has 0 atom stereocenters. The molecule has 3 aromatic rings. The number of ether oxygens (including phenoxy) is 1. The number of fused-ring (bicyclic) bond motifs is 1. The molecule has 1 aromatic heterocycles. The van der Waals surface area contributed by atoms with Gasteiger partial charge in [-0.05, 0) is 74.3 Å². The first-order chi connectivity index (χ1) is 21.5. The zero-order valence-corrected chi connectivity index (χ0v) is 28.1. The number of nitrogens with zero attached hydrogens (tertiary/aromatic N) is 4. The van der Waals surface area contributed by atoms with Gasteiger partial charge in [-0.2, -0.15) is 0 Å². The van der Waals surface area contributed by atoms with Crippen molar-refractivity contribution >= 4 is 70.6 Å². The molecule has 3 rings (SSSR count). The van der Waals surface area contributed by atoms with Crippen molar-refractivity contribution in [3.05, 3.63) is 80.3 Å². The maximum atomic E-state index is 13.3. The van der Waals surface area contributed by atoms with Gasteiger partial charge < -0.3 is 58.1 Å². The van der Waals surface area contributed by atoms with Crippen LogP contribution in [0.5, 0.6) is 5.75 Å². The van der Waals surface area contributed by atoms with Crippen LogP contribution in [0.3, 0.4) is 0 Å². The number of carboxylic acids is 1. The smallest absolute Gasteiger partial charge is 0.787 e. The van der Waals surface area contributed by atoms with E-state index in [4.69, 9.17) is 16.3 Å². The second-order valence-electron chi connectivity index (χ2n) is 9.64. The number of rotatable bonds is 16. The van der Waals surface area contributed by atoms with E-state index in [1.54, 1.807) is 49.4 Å². The molecule has 0 saturated heterocycles. The van der Waals surface area contributed by atoms with Crippen molar-refractivity contribution in [2.45, 2.75) is 26.2 Å². The van der Waals surface area contributed by atoms with Gasteiger partial charge >= 0.3 is 26.1 Å². The van der Waals surface area contributed by atoms with E-state index < -0.39 is 49.2 Å². The van der Waals surface area contributed by atoms with Gasteiger partial charge in [0.1, 0.15) is 5.75 Å². The van der Waals surface area contributed by atoms with Crippen molar-refractivity contribution in [2.24, 2.45) is 0 Å². The summed E-state index contributed by atoms with van der Waals surface area (Å²) < 4.78 is 7.34. The van der Waals surface area contributed by atoms with Gasteiger partial charge in [-0.25, -0.2) is 0 Å². The van der Waals surface area contributed by atoms with Gasteiger partial charge in [-0.3, -0.25) is 19.0 Å². The Balaban J connectivity index is 0.00000736. The third-order valence-corrected chi connectivity index (χ3v) is 6.89. The first-order valence-corrected chi connectivity index (χ1v) is 14.7. The van der Waals surface area contributed by atoms with E-state index in [0.29, 0.717) is 64.5 Å². The number of unbranched alkanes of at least 4 members (excludes halogenated alkanes) is 1. The number of carboxylic acid groups (broad SMARTS) is 1. The molecule has 0 saturated carbocycles. The van der Waals surface area contributed by atoms with Gasteiger partial charge in [0.05, 0.1) is 18.5 Å². The number of carbonyl (C=O) groups excluding carboxylic acids is 5. The van der Waals surface area contributed by atoms with Gasteiger partial charge in [0, 0.05) is 45.9 Å². The SMILES string of the molecule is Cc1c(CC(=O)O)c2cc(OCCCCNC(=O)C[N-]C(=O)C[N-]C(=O)C[N-]C(=O)C[S-])ccc2n1C(=O)c1ccc(Cl)cc1.[Tc+4]. The quantitative estimate of drug-likeness (QED) is 0.163. The Kier molecular flexibility index (Phi) is 15.7. The number of amides is 4. The summed E-state index contributed by atoms with van der Waals surface area (Å²) in [6.07, 6.45) is 0.866. The first-order valence-electron chi connectivity index (χ1n) is 13.7. The number of benzene rings is 2. The minimum absolute atomic E-state index is 0. The Bertz CT molecular complexity index is 1580. The molecule has 0 aliphatic heterocycles. The van der Waals surface area contributed by atoms with Crippen molar-refractivity contribution in [1.82, 2.24) is 9.88 Å². The van der Waals surface area contributed by atoms with Gasteiger partial charge in [0.2, 0.25) is 5.91 Å². The van der Waals surface area contributed by atoms with E-state index in [2.05, 4.69) is 33.9 Å². The average molecular weight is 754 g/mol. The third-order valence-electron chi connectivity index (χ3n) is 6.39. The summed E-state index contributed by atoms with van der Waals surface area (Å²) in [5.41, 5.74) is 1.98. The predicted octanol–water partition coefficient (Wildman–Crippen LogP) is 3.44. The van der Waals surface area contributed by atoms with Crippen LogP contribution >= 0.6 is 11.6 Å². The van der Waals surface area contributed by atoms with Crippen molar-refractivity contribution in [1.29, 1.82) is 0 Å². The van der Waals surface area contributed by atoms with Crippen LogP contribution in [0.4, 0.5) is 0 Å². The Hall–Kier alpha value is -3.91. The summed E-state index contributed by atoms with van der Waals surface area (Å²) in [5.74, 6) is -3.72. The topological polar surface area (TPSA) is 191 Å². The fraction of sp³-hybridized carbons (Fsp3) is 0.333. The molecular formula is C30H30ClN5O8STc. The standard InChI is InChI=1S/C30H34ClN5O8S.Tc/c1-18-22(13-29(41)42)23-12-21(8-9-24(23)36(18)30(43)19-4-6-20(31)7-5-19)44-11-3-2-10-32-25(37)14-33-26(38)15-34-27(39)16-35-28(40)17-45;/h4-9,12H,2-3,10-11,13-17H2,1H3,(H6,32,33,34,35,37,38,39,40,41,42,45);/q;+4/p-4. The van der Waals surface area contributed by atoms with Crippen LogP contribution in [0.1, 0.15) is 34.5 Å². The largest absolute Gasteiger partial charge is 4.00 e. The first kappa shape index (κ1) is 38.3. The van der Waals surface area contributed by atoms with Gasteiger partial charge in [-0.1, -0.05) is 24.7 Å². The summed E-state index contributed by atoms with van der Waals surface area (Å²) in [5, 5.41) is 23.6. The molecular weight excluding hydrogens is 724 g/mol. The summed E-state index contributed by atoms with van der Waals surface area (Å²) in [4.78, 5) is 71.0. The Morgan fingerprint density at radius 3 is 2.17 bits per heavy atom. The summed E-state index contributed by atoms with van der Waals surface area (Å²) >= 11 is 10.4. The summed E-state index contributed by atoms with van der Waals surface area (Å²) in [6, 6.07) is 11.6. The number of nitrogens with one attached hydrogen (secondary N) is 1. The molecule has 0 spiro atoms. The van der Waals surface area contributed by atoms with Crippen LogP contribution in [-0.4, -0.2) is 83.7 Å². The molecule has 243 valence electrons. The molecule has 0 aliphatic rings. The van der Waals surface area contributed by atoms with Crippen molar-refractivity contribution in [2.75, 3.05) is 38.5 Å². The molecule has 0 bridgehead atoms. The van der Waals surface area contributed by atoms with Crippen LogP contribution in [0, 0.1) is 6.92 Å². The molecule has 0 unspecified atom stereocenters. The molecule has 0 fully saturated rings. The number of aliphatic carboxylic acids is 1. The fourth-order valence-corrected chi connectivity index (χ4v) is 4.45. The predicted molar refractivity (Wildman–Crippen MR) is 169 cm³/mol. The Morgan fingerprint density at radius 2 is 1.54 bits per heavy atom. The number of aromatic nitrogens is 1. The van der Waals surface area contributed by atoms with E-state index in [0.717, 1.165) is 0 Å². The maximum absolute atomic E-state index is 13.3. The van der Waals surface area contributed by atoms with Crippen LogP contribution < -0.4 is 10.1 Å². The van der Waals surface area contributed by atoms with Gasteiger partial charge in [0.25, 0.3) is 5.91 Å². The maximum Gasteiger partial charge on any atom is 4.00 e. The number of hydrogen-bond donors (Lipinski definition) is 2.